The molecule has 0 bridgehead atoms. The Balaban J connectivity index is 3.43. The first-order valence-electron chi connectivity index (χ1n) is 6.39. The van der Waals surface area contributed by atoms with Gasteiger partial charge in [-0.05, 0) is 31.7 Å². The highest BCUT2D eigenvalue weighted by Gasteiger charge is 2.08. The molecule has 0 aromatic heterocycles. The molecule has 0 aliphatic rings. The maximum atomic E-state index is 11.5. The van der Waals surface area contributed by atoms with E-state index in [0.717, 1.165) is 31.7 Å². The Labute approximate surface area is 101 Å². The highest BCUT2D eigenvalue weighted by atomic mass is 32.2. The molecule has 0 rings (SSSR count). The maximum absolute atomic E-state index is 11.5. The molecule has 0 fully saturated rings. The SMILES string of the molecule is CCCCS(=O)(=O)CCNCCCC(C)C. The molecular weight excluding hydrogens is 222 g/mol. The van der Waals surface area contributed by atoms with Gasteiger partial charge in [0.25, 0.3) is 0 Å². The third kappa shape index (κ3) is 10.4. The van der Waals surface area contributed by atoms with Crippen LogP contribution in [-0.4, -0.2) is 33.0 Å². The van der Waals surface area contributed by atoms with Gasteiger partial charge in [-0.1, -0.05) is 27.2 Å². The molecule has 3 nitrogen and oxygen atoms in total. The Morgan fingerprint density at radius 2 is 1.75 bits per heavy atom. The van der Waals surface area contributed by atoms with Crippen LogP contribution in [0.5, 0.6) is 0 Å². The van der Waals surface area contributed by atoms with Crippen LogP contribution in [0.25, 0.3) is 0 Å². The molecule has 4 heteroatoms. The molecule has 0 saturated carbocycles. The Morgan fingerprint density at radius 3 is 2.31 bits per heavy atom. The van der Waals surface area contributed by atoms with Crippen molar-refractivity contribution < 1.29 is 8.42 Å². The molecule has 0 radical (unpaired) electrons. The van der Waals surface area contributed by atoms with E-state index in [4.69, 9.17) is 0 Å². The molecule has 0 spiro atoms. The van der Waals surface area contributed by atoms with Crippen LogP contribution in [0.4, 0.5) is 0 Å². The van der Waals surface area contributed by atoms with Crippen molar-refractivity contribution in [2.45, 2.75) is 46.5 Å². The average molecular weight is 249 g/mol. The highest BCUT2D eigenvalue weighted by molar-refractivity contribution is 7.91. The van der Waals surface area contributed by atoms with Crippen molar-refractivity contribution in [2.75, 3.05) is 24.6 Å². The van der Waals surface area contributed by atoms with Gasteiger partial charge in [0, 0.05) is 6.54 Å². The van der Waals surface area contributed by atoms with E-state index in [0.29, 0.717) is 12.3 Å². The Hall–Kier alpha value is -0.0900. The summed E-state index contributed by atoms with van der Waals surface area (Å²) in [5.41, 5.74) is 0. The van der Waals surface area contributed by atoms with Gasteiger partial charge in [-0.2, -0.15) is 0 Å². The van der Waals surface area contributed by atoms with Gasteiger partial charge in [-0.3, -0.25) is 0 Å². The van der Waals surface area contributed by atoms with E-state index in [1.165, 1.54) is 6.42 Å². The van der Waals surface area contributed by atoms with Crippen LogP contribution in [0.1, 0.15) is 46.5 Å². The van der Waals surface area contributed by atoms with Gasteiger partial charge in [0.15, 0.2) is 9.84 Å². The van der Waals surface area contributed by atoms with Gasteiger partial charge < -0.3 is 5.32 Å². The lowest BCUT2D eigenvalue weighted by atomic mass is 10.1. The van der Waals surface area contributed by atoms with Crippen LogP contribution >= 0.6 is 0 Å². The fourth-order valence-corrected chi connectivity index (χ4v) is 2.84. The van der Waals surface area contributed by atoms with Gasteiger partial charge in [-0.25, -0.2) is 8.42 Å². The molecule has 0 unspecified atom stereocenters. The largest absolute Gasteiger partial charge is 0.316 e. The third-order valence-corrected chi connectivity index (χ3v) is 4.27. The first kappa shape index (κ1) is 15.9. The minimum atomic E-state index is -2.81. The zero-order valence-electron chi connectivity index (χ0n) is 11.0. The van der Waals surface area contributed by atoms with Crippen molar-refractivity contribution in [1.29, 1.82) is 0 Å². The number of sulfone groups is 1. The monoisotopic (exact) mass is 249 g/mol. The molecule has 16 heavy (non-hydrogen) atoms. The summed E-state index contributed by atoms with van der Waals surface area (Å²) >= 11 is 0. The summed E-state index contributed by atoms with van der Waals surface area (Å²) in [5, 5.41) is 3.19. The molecule has 0 amide bonds. The van der Waals surface area contributed by atoms with Crippen molar-refractivity contribution in [3.8, 4) is 0 Å². The van der Waals surface area contributed by atoms with Crippen molar-refractivity contribution in [3.63, 3.8) is 0 Å². The maximum Gasteiger partial charge on any atom is 0.151 e. The minimum absolute atomic E-state index is 0.286. The topological polar surface area (TPSA) is 46.2 Å². The molecule has 0 aliphatic heterocycles. The van der Waals surface area contributed by atoms with E-state index in [-0.39, 0.29) is 5.75 Å². The summed E-state index contributed by atoms with van der Waals surface area (Å²) in [7, 11) is -2.81. The summed E-state index contributed by atoms with van der Waals surface area (Å²) < 4.78 is 23.0. The predicted octanol–water partition coefficient (Wildman–Crippen LogP) is 2.23. The van der Waals surface area contributed by atoms with Crippen molar-refractivity contribution in [3.05, 3.63) is 0 Å². The first-order chi connectivity index (χ1) is 7.48. The molecule has 0 aromatic carbocycles. The lowest BCUT2D eigenvalue weighted by Crippen LogP contribution is -2.25. The number of hydrogen-bond acceptors (Lipinski definition) is 3. The second-order valence-corrected chi connectivity index (χ2v) is 7.10. The fourth-order valence-electron chi connectivity index (χ4n) is 1.45. The average Bonchev–Trinajstić information content (AvgIpc) is 2.20. The second-order valence-electron chi connectivity index (χ2n) is 4.79. The Morgan fingerprint density at radius 1 is 1.06 bits per heavy atom. The highest BCUT2D eigenvalue weighted by Crippen LogP contribution is 2.01. The molecule has 0 saturated heterocycles. The van der Waals surface area contributed by atoms with Crippen LogP contribution in [0.15, 0.2) is 0 Å². The number of hydrogen-bond donors (Lipinski definition) is 1. The smallest absolute Gasteiger partial charge is 0.151 e. The van der Waals surface area contributed by atoms with E-state index in [2.05, 4.69) is 19.2 Å². The minimum Gasteiger partial charge on any atom is -0.316 e. The third-order valence-electron chi connectivity index (χ3n) is 2.53. The summed E-state index contributed by atoms with van der Waals surface area (Å²) in [6, 6.07) is 0. The molecular formula is C12H27NO2S. The van der Waals surface area contributed by atoms with Crippen molar-refractivity contribution >= 4 is 9.84 Å². The lowest BCUT2D eigenvalue weighted by molar-refractivity contribution is 0.531. The number of rotatable bonds is 10. The normalized spacial score (nSPS) is 12.2. The summed E-state index contributed by atoms with van der Waals surface area (Å²) in [6.45, 7) is 7.95. The van der Waals surface area contributed by atoms with Crippen molar-refractivity contribution in [2.24, 2.45) is 5.92 Å². The molecule has 0 heterocycles. The van der Waals surface area contributed by atoms with Crippen LogP contribution in [0.2, 0.25) is 0 Å². The molecule has 98 valence electrons. The van der Waals surface area contributed by atoms with Crippen molar-refractivity contribution in [1.82, 2.24) is 5.32 Å². The van der Waals surface area contributed by atoms with Crippen LogP contribution in [-0.2, 0) is 9.84 Å². The summed E-state index contributed by atoms with van der Waals surface area (Å²) in [5.74, 6) is 1.36. The van der Waals surface area contributed by atoms with E-state index in [1.807, 2.05) is 6.92 Å². The standard InChI is InChI=1S/C12H27NO2S/c1-4-5-10-16(14,15)11-9-13-8-6-7-12(2)3/h12-13H,4-11H2,1-3H3. The van der Waals surface area contributed by atoms with E-state index in [1.54, 1.807) is 0 Å². The van der Waals surface area contributed by atoms with E-state index < -0.39 is 9.84 Å². The zero-order valence-corrected chi connectivity index (χ0v) is 11.8. The van der Waals surface area contributed by atoms with Gasteiger partial charge in [0.05, 0.1) is 11.5 Å². The quantitative estimate of drug-likeness (QED) is 0.604. The van der Waals surface area contributed by atoms with Gasteiger partial charge in [-0.15, -0.1) is 0 Å². The number of nitrogens with one attached hydrogen (secondary N) is 1. The zero-order chi connectivity index (χ0) is 12.4. The summed E-state index contributed by atoms with van der Waals surface area (Å²) in [4.78, 5) is 0. The predicted molar refractivity (Wildman–Crippen MR) is 70.5 cm³/mol. The molecule has 0 aliphatic carbocycles. The van der Waals surface area contributed by atoms with Gasteiger partial charge in [0.2, 0.25) is 0 Å². The Bertz CT molecular complexity index is 248. The summed E-state index contributed by atoms with van der Waals surface area (Å²) in [6.07, 6.45) is 4.07. The van der Waals surface area contributed by atoms with Crippen LogP contribution in [0.3, 0.4) is 0 Å². The van der Waals surface area contributed by atoms with E-state index in [9.17, 15) is 8.42 Å². The van der Waals surface area contributed by atoms with Crippen LogP contribution < -0.4 is 5.32 Å². The van der Waals surface area contributed by atoms with Gasteiger partial charge >= 0.3 is 0 Å². The van der Waals surface area contributed by atoms with Crippen LogP contribution in [0, 0.1) is 5.92 Å². The molecule has 1 N–H and O–H groups in total. The molecule has 0 aromatic rings. The van der Waals surface area contributed by atoms with Gasteiger partial charge in [0.1, 0.15) is 0 Å². The second kappa shape index (κ2) is 8.99. The lowest BCUT2D eigenvalue weighted by Gasteiger charge is -2.07. The first-order valence-corrected chi connectivity index (χ1v) is 8.21. The fraction of sp³-hybridized carbons (Fsp3) is 1.00. The van der Waals surface area contributed by atoms with E-state index >= 15 is 0 Å². The number of unbranched alkanes of at least 4 members (excludes halogenated alkanes) is 1. The Kier molecular flexibility index (Phi) is 8.94. The molecule has 0 atom stereocenters.